The Morgan fingerprint density at radius 1 is 1.23 bits per heavy atom. The van der Waals surface area contributed by atoms with Crippen LogP contribution in [0.15, 0.2) is 41.9 Å². The summed E-state index contributed by atoms with van der Waals surface area (Å²) in [5, 5.41) is 3.15. The van der Waals surface area contributed by atoms with E-state index in [2.05, 4.69) is 33.1 Å². The summed E-state index contributed by atoms with van der Waals surface area (Å²) in [6.07, 6.45) is 4.03. The molecule has 22 heavy (non-hydrogen) atoms. The molecule has 3 aromatic rings. The lowest BCUT2D eigenvalue weighted by Gasteiger charge is -2.17. The Balaban J connectivity index is 1.77. The SMILES string of the molecule is O=C(Cn1c(-c2cccs2)cc2cccnc21)N1CCCC1. The highest BCUT2D eigenvalue weighted by Gasteiger charge is 2.21. The van der Waals surface area contributed by atoms with Crippen molar-refractivity contribution in [3.63, 3.8) is 0 Å². The number of hydrogen-bond acceptors (Lipinski definition) is 3. The average molecular weight is 311 g/mol. The second-order valence-electron chi connectivity index (χ2n) is 5.60. The summed E-state index contributed by atoms with van der Waals surface area (Å²) in [5.41, 5.74) is 1.97. The third kappa shape index (κ3) is 2.31. The van der Waals surface area contributed by atoms with Gasteiger partial charge in [-0.1, -0.05) is 6.07 Å². The van der Waals surface area contributed by atoms with E-state index >= 15 is 0 Å². The van der Waals surface area contributed by atoms with Crippen molar-refractivity contribution >= 4 is 28.3 Å². The molecule has 0 spiro atoms. The second-order valence-corrected chi connectivity index (χ2v) is 6.54. The van der Waals surface area contributed by atoms with Gasteiger partial charge in [0.2, 0.25) is 5.91 Å². The third-order valence-corrected chi connectivity index (χ3v) is 5.07. The smallest absolute Gasteiger partial charge is 0.242 e. The Morgan fingerprint density at radius 2 is 2.09 bits per heavy atom. The van der Waals surface area contributed by atoms with E-state index < -0.39 is 0 Å². The van der Waals surface area contributed by atoms with Crippen molar-refractivity contribution in [1.29, 1.82) is 0 Å². The number of amides is 1. The minimum Gasteiger partial charge on any atom is -0.341 e. The Bertz CT molecular complexity index is 801. The highest BCUT2D eigenvalue weighted by molar-refractivity contribution is 7.13. The monoisotopic (exact) mass is 311 g/mol. The number of likely N-dealkylation sites (tertiary alicyclic amines) is 1. The normalized spacial score (nSPS) is 14.8. The highest BCUT2D eigenvalue weighted by atomic mass is 32.1. The van der Waals surface area contributed by atoms with Gasteiger partial charge in [-0.3, -0.25) is 4.79 Å². The Morgan fingerprint density at radius 3 is 2.86 bits per heavy atom. The largest absolute Gasteiger partial charge is 0.341 e. The Hall–Kier alpha value is -2.14. The summed E-state index contributed by atoms with van der Waals surface area (Å²) < 4.78 is 2.06. The van der Waals surface area contributed by atoms with Crippen molar-refractivity contribution in [3.05, 3.63) is 41.9 Å². The zero-order valence-electron chi connectivity index (χ0n) is 12.2. The standard InChI is InChI=1S/C17H17N3OS/c21-16(19-8-1-2-9-19)12-20-14(15-6-4-10-22-15)11-13-5-3-7-18-17(13)20/h3-7,10-11H,1-2,8-9,12H2. The van der Waals surface area contributed by atoms with E-state index in [1.165, 1.54) is 4.88 Å². The molecule has 1 aliphatic rings. The van der Waals surface area contributed by atoms with Crippen molar-refractivity contribution in [3.8, 4) is 10.6 Å². The number of carbonyl (C=O) groups excluding carboxylic acids is 1. The summed E-state index contributed by atoms with van der Waals surface area (Å²) in [5.74, 6) is 0.193. The van der Waals surface area contributed by atoms with E-state index in [9.17, 15) is 4.79 Å². The molecule has 5 heteroatoms. The number of nitrogens with zero attached hydrogens (tertiary/aromatic N) is 3. The molecule has 0 radical (unpaired) electrons. The zero-order chi connectivity index (χ0) is 14.9. The first-order valence-electron chi connectivity index (χ1n) is 7.59. The maximum Gasteiger partial charge on any atom is 0.242 e. The quantitative estimate of drug-likeness (QED) is 0.743. The van der Waals surface area contributed by atoms with E-state index in [4.69, 9.17) is 0 Å². The predicted octanol–water partition coefficient (Wildman–Crippen LogP) is 3.39. The van der Waals surface area contributed by atoms with Crippen molar-refractivity contribution in [2.45, 2.75) is 19.4 Å². The van der Waals surface area contributed by atoms with Crippen molar-refractivity contribution in [2.75, 3.05) is 13.1 Å². The van der Waals surface area contributed by atoms with Gasteiger partial charge in [-0.25, -0.2) is 4.98 Å². The van der Waals surface area contributed by atoms with Gasteiger partial charge in [0.25, 0.3) is 0 Å². The van der Waals surface area contributed by atoms with Gasteiger partial charge < -0.3 is 9.47 Å². The molecule has 0 N–H and O–H groups in total. The maximum atomic E-state index is 12.6. The van der Waals surface area contributed by atoms with Crippen LogP contribution in [0.5, 0.6) is 0 Å². The third-order valence-electron chi connectivity index (χ3n) is 4.18. The van der Waals surface area contributed by atoms with E-state index in [1.807, 2.05) is 17.0 Å². The van der Waals surface area contributed by atoms with Gasteiger partial charge in [-0.05, 0) is 42.5 Å². The van der Waals surface area contributed by atoms with Crippen LogP contribution in [0, 0.1) is 0 Å². The number of thiophene rings is 1. The minimum atomic E-state index is 0.193. The molecule has 0 bridgehead atoms. The number of carbonyl (C=O) groups is 1. The number of rotatable bonds is 3. The molecule has 3 aromatic heterocycles. The van der Waals surface area contributed by atoms with Gasteiger partial charge in [0, 0.05) is 24.7 Å². The summed E-state index contributed by atoms with van der Waals surface area (Å²) in [7, 11) is 0. The van der Waals surface area contributed by atoms with Gasteiger partial charge in [-0.2, -0.15) is 0 Å². The van der Waals surface area contributed by atoms with Crippen LogP contribution in [-0.4, -0.2) is 33.4 Å². The number of aromatic nitrogens is 2. The first kappa shape index (κ1) is 13.5. The fourth-order valence-corrected chi connectivity index (χ4v) is 3.83. The maximum absolute atomic E-state index is 12.6. The van der Waals surface area contributed by atoms with Crippen LogP contribution in [0.4, 0.5) is 0 Å². The molecule has 0 aromatic carbocycles. The molecule has 0 saturated carbocycles. The van der Waals surface area contributed by atoms with Crippen molar-refractivity contribution < 1.29 is 4.79 Å². The van der Waals surface area contributed by atoms with E-state index in [-0.39, 0.29) is 5.91 Å². The molecule has 1 fully saturated rings. The molecular weight excluding hydrogens is 294 g/mol. The first-order valence-corrected chi connectivity index (χ1v) is 8.47. The molecule has 0 aliphatic carbocycles. The van der Waals surface area contributed by atoms with E-state index in [0.717, 1.165) is 42.7 Å². The lowest BCUT2D eigenvalue weighted by atomic mass is 10.3. The van der Waals surface area contributed by atoms with Crippen molar-refractivity contribution in [1.82, 2.24) is 14.5 Å². The van der Waals surface area contributed by atoms with Crippen LogP contribution in [0.2, 0.25) is 0 Å². The summed E-state index contributed by atoms with van der Waals surface area (Å²) in [6, 6.07) is 10.3. The van der Waals surface area contributed by atoms with Gasteiger partial charge >= 0.3 is 0 Å². The summed E-state index contributed by atoms with van der Waals surface area (Å²) in [4.78, 5) is 20.2. The van der Waals surface area contributed by atoms with Crippen LogP contribution < -0.4 is 0 Å². The second kappa shape index (κ2) is 5.57. The van der Waals surface area contributed by atoms with Crippen LogP contribution in [-0.2, 0) is 11.3 Å². The molecule has 112 valence electrons. The van der Waals surface area contributed by atoms with E-state index in [1.54, 1.807) is 17.5 Å². The number of pyridine rings is 1. The fraction of sp³-hybridized carbons (Fsp3) is 0.294. The first-order chi connectivity index (χ1) is 10.8. The van der Waals surface area contributed by atoms with E-state index in [0.29, 0.717) is 6.54 Å². The molecule has 1 amide bonds. The summed E-state index contributed by atoms with van der Waals surface area (Å²) >= 11 is 1.69. The van der Waals surface area contributed by atoms with Crippen LogP contribution in [0.1, 0.15) is 12.8 Å². The summed E-state index contributed by atoms with van der Waals surface area (Å²) in [6.45, 7) is 2.15. The molecule has 0 atom stereocenters. The van der Waals surface area contributed by atoms with Gasteiger partial charge in [0.05, 0.1) is 10.6 Å². The molecule has 4 nitrogen and oxygen atoms in total. The molecule has 4 heterocycles. The fourth-order valence-electron chi connectivity index (χ4n) is 3.08. The zero-order valence-corrected chi connectivity index (χ0v) is 13.1. The molecule has 1 saturated heterocycles. The van der Waals surface area contributed by atoms with Crippen LogP contribution in [0.3, 0.4) is 0 Å². The van der Waals surface area contributed by atoms with Crippen LogP contribution >= 0.6 is 11.3 Å². The molecule has 4 rings (SSSR count). The molecule has 1 aliphatic heterocycles. The number of fused-ring (bicyclic) bond motifs is 1. The lowest BCUT2D eigenvalue weighted by Crippen LogP contribution is -2.31. The Kier molecular flexibility index (Phi) is 3.42. The van der Waals surface area contributed by atoms with Gasteiger partial charge in [0.15, 0.2) is 0 Å². The average Bonchev–Trinajstić information content (AvgIpc) is 3.28. The lowest BCUT2D eigenvalue weighted by molar-refractivity contribution is -0.130. The number of hydrogen-bond donors (Lipinski definition) is 0. The van der Waals surface area contributed by atoms with Crippen molar-refractivity contribution in [2.24, 2.45) is 0 Å². The molecular formula is C17H17N3OS. The molecule has 0 unspecified atom stereocenters. The Labute approximate surface area is 133 Å². The predicted molar refractivity (Wildman–Crippen MR) is 88.9 cm³/mol. The van der Waals surface area contributed by atoms with Gasteiger partial charge in [-0.15, -0.1) is 11.3 Å². The highest BCUT2D eigenvalue weighted by Crippen LogP contribution is 2.30. The van der Waals surface area contributed by atoms with Crippen LogP contribution in [0.25, 0.3) is 21.6 Å². The minimum absolute atomic E-state index is 0.193. The van der Waals surface area contributed by atoms with Gasteiger partial charge in [0.1, 0.15) is 12.2 Å². The topological polar surface area (TPSA) is 38.1 Å².